The molecule has 0 saturated carbocycles. The van der Waals surface area contributed by atoms with Crippen LogP contribution in [0, 0.1) is 5.82 Å². The van der Waals surface area contributed by atoms with E-state index in [0.717, 1.165) is 11.3 Å². The highest BCUT2D eigenvalue weighted by atomic mass is 79.9. The molecule has 2 rings (SSSR count). The lowest BCUT2D eigenvalue weighted by Crippen LogP contribution is -2.22. The maximum atomic E-state index is 13.7. The molecule has 0 radical (unpaired) electrons. The molecule has 1 atom stereocenters. The van der Waals surface area contributed by atoms with Crippen LogP contribution in [0.3, 0.4) is 0 Å². The Morgan fingerprint density at radius 3 is 2.84 bits per heavy atom. The zero-order valence-corrected chi connectivity index (χ0v) is 12.5. The van der Waals surface area contributed by atoms with Crippen molar-refractivity contribution in [3.8, 4) is 5.75 Å². The number of rotatable bonds is 4. The average molecular weight is 328 g/mol. The second-order valence-corrected chi connectivity index (χ2v) is 4.88. The van der Waals surface area contributed by atoms with E-state index in [1.807, 2.05) is 20.2 Å². The van der Waals surface area contributed by atoms with Gasteiger partial charge in [0, 0.05) is 7.05 Å². The molecule has 102 valence electrons. The Morgan fingerprint density at radius 1 is 1.47 bits per heavy atom. The molecule has 0 bridgehead atoms. The van der Waals surface area contributed by atoms with Crippen LogP contribution in [0.25, 0.3) is 0 Å². The molecule has 19 heavy (non-hydrogen) atoms. The van der Waals surface area contributed by atoms with Crippen molar-refractivity contribution in [1.82, 2.24) is 15.1 Å². The molecule has 1 N–H and O–H groups in total. The lowest BCUT2D eigenvalue weighted by Gasteiger charge is -2.20. The van der Waals surface area contributed by atoms with E-state index >= 15 is 0 Å². The van der Waals surface area contributed by atoms with Gasteiger partial charge in [-0.2, -0.15) is 5.10 Å². The summed E-state index contributed by atoms with van der Waals surface area (Å²) in [6, 6.07) is 4.75. The largest absolute Gasteiger partial charge is 0.493 e. The zero-order valence-electron chi connectivity index (χ0n) is 10.9. The van der Waals surface area contributed by atoms with Gasteiger partial charge in [0.2, 0.25) is 0 Å². The first-order valence-corrected chi connectivity index (χ1v) is 6.56. The Kier molecular flexibility index (Phi) is 4.21. The van der Waals surface area contributed by atoms with E-state index in [2.05, 4.69) is 26.3 Å². The molecular weight excluding hydrogens is 313 g/mol. The van der Waals surface area contributed by atoms with E-state index in [4.69, 9.17) is 4.74 Å². The van der Waals surface area contributed by atoms with Crippen molar-refractivity contribution in [2.75, 3.05) is 14.2 Å². The van der Waals surface area contributed by atoms with E-state index in [1.165, 1.54) is 6.07 Å². The molecule has 0 aliphatic heterocycles. The number of aromatic nitrogens is 2. The molecule has 1 heterocycles. The van der Waals surface area contributed by atoms with Gasteiger partial charge in [-0.15, -0.1) is 0 Å². The molecule has 0 aliphatic carbocycles. The van der Waals surface area contributed by atoms with Crippen molar-refractivity contribution in [2.24, 2.45) is 7.05 Å². The summed E-state index contributed by atoms with van der Waals surface area (Å²) >= 11 is 3.29. The van der Waals surface area contributed by atoms with Crippen LogP contribution < -0.4 is 10.1 Å². The molecule has 1 aromatic carbocycles. The number of halogens is 2. The van der Waals surface area contributed by atoms with Gasteiger partial charge in [-0.05, 0) is 34.6 Å². The first-order chi connectivity index (χ1) is 9.10. The van der Waals surface area contributed by atoms with Gasteiger partial charge < -0.3 is 10.1 Å². The van der Waals surface area contributed by atoms with Crippen molar-refractivity contribution in [3.63, 3.8) is 0 Å². The summed E-state index contributed by atoms with van der Waals surface area (Å²) in [7, 11) is 5.23. The molecule has 0 spiro atoms. The monoisotopic (exact) mass is 327 g/mol. The molecule has 1 unspecified atom stereocenters. The lowest BCUT2D eigenvalue weighted by molar-refractivity contribution is 0.402. The van der Waals surface area contributed by atoms with Gasteiger partial charge in [0.05, 0.1) is 23.8 Å². The highest BCUT2D eigenvalue weighted by Gasteiger charge is 2.23. The summed E-state index contributed by atoms with van der Waals surface area (Å²) in [5.41, 5.74) is 1.64. The predicted octanol–water partition coefficient (Wildman–Crippen LogP) is 2.64. The van der Waals surface area contributed by atoms with Gasteiger partial charge in [0.25, 0.3) is 0 Å². The number of benzene rings is 1. The third-order valence-electron chi connectivity index (χ3n) is 3.02. The Morgan fingerprint density at radius 2 is 2.21 bits per heavy atom. The number of nitrogens with zero attached hydrogens (tertiary/aromatic N) is 2. The molecule has 0 saturated heterocycles. The zero-order chi connectivity index (χ0) is 14.0. The third kappa shape index (κ3) is 2.50. The molecule has 0 amide bonds. The fourth-order valence-electron chi connectivity index (χ4n) is 2.10. The van der Waals surface area contributed by atoms with Crippen molar-refractivity contribution in [1.29, 1.82) is 0 Å². The van der Waals surface area contributed by atoms with E-state index in [0.29, 0.717) is 10.2 Å². The second kappa shape index (κ2) is 5.71. The van der Waals surface area contributed by atoms with Crippen LogP contribution in [0.2, 0.25) is 0 Å². The molecule has 0 fully saturated rings. The predicted molar refractivity (Wildman–Crippen MR) is 74.8 cm³/mol. The Labute approximate surface area is 119 Å². The van der Waals surface area contributed by atoms with Crippen LogP contribution in [0.5, 0.6) is 5.75 Å². The average Bonchev–Trinajstić information content (AvgIpc) is 2.77. The van der Waals surface area contributed by atoms with Crippen LogP contribution in [0.15, 0.2) is 28.9 Å². The molecule has 2 aromatic rings. The van der Waals surface area contributed by atoms with Crippen LogP contribution in [0.1, 0.15) is 17.3 Å². The standard InChI is InChI=1S/C13H15BrFN3O/c1-16-12(8-5-4-6-9(15)11(8)14)13-10(19-3)7-17-18(13)2/h4-7,12,16H,1-3H3. The number of hydrogen-bond donors (Lipinski definition) is 1. The lowest BCUT2D eigenvalue weighted by atomic mass is 10.0. The summed E-state index contributed by atoms with van der Waals surface area (Å²) in [6.45, 7) is 0. The summed E-state index contributed by atoms with van der Waals surface area (Å²) in [4.78, 5) is 0. The van der Waals surface area contributed by atoms with E-state index in [-0.39, 0.29) is 11.9 Å². The number of hydrogen-bond acceptors (Lipinski definition) is 3. The van der Waals surface area contributed by atoms with Gasteiger partial charge in [-0.1, -0.05) is 12.1 Å². The fourth-order valence-corrected chi connectivity index (χ4v) is 2.59. The van der Waals surface area contributed by atoms with Crippen LogP contribution in [-0.2, 0) is 7.05 Å². The highest BCUT2D eigenvalue weighted by molar-refractivity contribution is 9.10. The van der Waals surface area contributed by atoms with E-state index < -0.39 is 0 Å². The van der Waals surface area contributed by atoms with Crippen LogP contribution in [-0.4, -0.2) is 23.9 Å². The minimum absolute atomic E-state index is 0.215. The summed E-state index contributed by atoms with van der Waals surface area (Å²) in [6.07, 6.45) is 1.65. The van der Waals surface area contributed by atoms with Crippen LogP contribution >= 0.6 is 15.9 Å². The van der Waals surface area contributed by atoms with Gasteiger partial charge in [-0.25, -0.2) is 4.39 Å². The molecule has 6 heteroatoms. The quantitative estimate of drug-likeness (QED) is 0.938. The first-order valence-electron chi connectivity index (χ1n) is 5.77. The highest BCUT2D eigenvalue weighted by Crippen LogP contribution is 2.34. The maximum Gasteiger partial charge on any atom is 0.161 e. The van der Waals surface area contributed by atoms with E-state index in [1.54, 1.807) is 24.1 Å². The normalized spacial score (nSPS) is 12.5. The first kappa shape index (κ1) is 14.0. The fraction of sp³-hybridized carbons (Fsp3) is 0.308. The molecular formula is C13H15BrFN3O. The Balaban J connectivity index is 2.56. The SMILES string of the molecule is CNC(c1cccc(F)c1Br)c1c(OC)cnn1C. The van der Waals surface area contributed by atoms with Crippen molar-refractivity contribution < 1.29 is 9.13 Å². The summed E-state index contributed by atoms with van der Waals surface area (Å²) in [5, 5.41) is 7.34. The second-order valence-electron chi connectivity index (χ2n) is 4.09. The number of ether oxygens (including phenoxy) is 1. The van der Waals surface area contributed by atoms with Crippen molar-refractivity contribution >= 4 is 15.9 Å². The minimum atomic E-state index is -0.293. The Bertz CT molecular complexity index is 585. The summed E-state index contributed by atoms with van der Waals surface area (Å²) in [5.74, 6) is 0.372. The van der Waals surface area contributed by atoms with E-state index in [9.17, 15) is 4.39 Å². The van der Waals surface area contributed by atoms with Gasteiger partial charge in [0.1, 0.15) is 11.5 Å². The molecule has 1 aromatic heterocycles. The van der Waals surface area contributed by atoms with Gasteiger partial charge >= 0.3 is 0 Å². The smallest absolute Gasteiger partial charge is 0.161 e. The number of methoxy groups -OCH3 is 1. The van der Waals surface area contributed by atoms with Crippen molar-refractivity contribution in [3.05, 3.63) is 45.9 Å². The van der Waals surface area contributed by atoms with Crippen LogP contribution in [0.4, 0.5) is 4.39 Å². The number of nitrogens with one attached hydrogen (secondary N) is 1. The van der Waals surface area contributed by atoms with Gasteiger partial charge in [0.15, 0.2) is 5.75 Å². The topological polar surface area (TPSA) is 39.1 Å². The summed E-state index contributed by atoms with van der Waals surface area (Å²) < 4.78 is 21.1. The van der Waals surface area contributed by atoms with Gasteiger partial charge in [-0.3, -0.25) is 4.68 Å². The Hall–Kier alpha value is -1.40. The maximum absolute atomic E-state index is 13.7. The minimum Gasteiger partial charge on any atom is -0.493 e. The molecule has 4 nitrogen and oxygen atoms in total. The molecule has 0 aliphatic rings. The third-order valence-corrected chi connectivity index (χ3v) is 3.86. The van der Waals surface area contributed by atoms with Crippen molar-refractivity contribution in [2.45, 2.75) is 6.04 Å². The number of aryl methyl sites for hydroxylation is 1.